The lowest BCUT2D eigenvalue weighted by Gasteiger charge is -2.12. The van der Waals surface area contributed by atoms with E-state index in [4.69, 9.17) is 10.8 Å². The van der Waals surface area contributed by atoms with Crippen LogP contribution < -0.4 is 16.4 Å². The van der Waals surface area contributed by atoms with Crippen molar-refractivity contribution < 1.29 is 9.90 Å². The molecule has 1 aromatic rings. The van der Waals surface area contributed by atoms with Crippen molar-refractivity contribution >= 4 is 23.6 Å². The molecule has 1 rings (SSSR count). The second-order valence-electron chi connectivity index (χ2n) is 3.98. The molecule has 7 heteroatoms. The lowest BCUT2D eigenvalue weighted by Crippen LogP contribution is -2.26. The SMILES string of the molecule is CCCCNc1cc(NC(C)C(=O)O)nc(N)n1. The molecule has 1 unspecified atom stereocenters. The van der Waals surface area contributed by atoms with Crippen LogP contribution in [0.2, 0.25) is 0 Å². The minimum Gasteiger partial charge on any atom is -0.480 e. The molecule has 1 aromatic heterocycles. The predicted octanol–water partition coefficient (Wildman–Crippen LogP) is 1.16. The molecule has 0 amide bonds. The molecule has 0 aliphatic carbocycles. The van der Waals surface area contributed by atoms with Crippen LogP contribution in [0, 0.1) is 0 Å². The number of nitrogen functional groups attached to an aromatic ring is 1. The van der Waals surface area contributed by atoms with E-state index in [1.165, 1.54) is 6.92 Å². The summed E-state index contributed by atoms with van der Waals surface area (Å²) < 4.78 is 0. The Labute approximate surface area is 106 Å². The van der Waals surface area contributed by atoms with E-state index in [2.05, 4.69) is 27.5 Å². The molecule has 1 heterocycles. The van der Waals surface area contributed by atoms with Crippen molar-refractivity contribution in [1.82, 2.24) is 9.97 Å². The summed E-state index contributed by atoms with van der Waals surface area (Å²) in [6, 6.07) is 0.911. The summed E-state index contributed by atoms with van der Waals surface area (Å²) in [7, 11) is 0. The Balaban J connectivity index is 2.71. The van der Waals surface area contributed by atoms with Crippen LogP contribution in [-0.2, 0) is 4.79 Å². The van der Waals surface area contributed by atoms with Crippen LogP contribution >= 0.6 is 0 Å². The highest BCUT2D eigenvalue weighted by Crippen LogP contribution is 2.13. The van der Waals surface area contributed by atoms with Gasteiger partial charge >= 0.3 is 5.97 Å². The molecule has 0 bridgehead atoms. The van der Waals surface area contributed by atoms with Gasteiger partial charge in [-0.25, -0.2) is 0 Å². The molecule has 1 atom stereocenters. The van der Waals surface area contributed by atoms with E-state index in [-0.39, 0.29) is 5.95 Å². The maximum Gasteiger partial charge on any atom is 0.325 e. The third-order valence-corrected chi connectivity index (χ3v) is 2.31. The number of carbonyl (C=O) groups is 1. The number of aromatic nitrogens is 2. The first-order valence-electron chi connectivity index (χ1n) is 5.90. The Morgan fingerprint density at radius 3 is 2.78 bits per heavy atom. The van der Waals surface area contributed by atoms with Gasteiger partial charge in [0.25, 0.3) is 0 Å². The van der Waals surface area contributed by atoms with E-state index in [9.17, 15) is 4.79 Å². The van der Waals surface area contributed by atoms with Crippen LogP contribution in [0.15, 0.2) is 6.07 Å². The smallest absolute Gasteiger partial charge is 0.325 e. The Morgan fingerprint density at radius 2 is 2.17 bits per heavy atom. The average molecular weight is 253 g/mol. The van der Waals surface area contributed by atoms with Crippen LogP contribution in [0.3, 0.4) is 0 Å². The third-order valence-electron chi connectivity index (χ3n) is 2.31. The summed E-state index contributed by atoms with van der Waals surface area (Å²) in [6.45, 7) is 4.42. The van der Waals surface area contributed by atoms with Crippen molar-refractivity contribution in [1.29, 1.82) is 0 Å². The van der Waals surface area contributed by atoms with Crippen molar-refractivity contribution in [2.75, 3.05) is 22.9 Å². The zero-order valence-electron chi connectivity index (χ0n) is 10.6. The highest BCUT2D eigenvalue weighted by molar-refractivity contribution is 5.76. The maximum absolute atomic E-state index is 10.7. The molecule has 0 fully saturated rings. The fraction of sp³-hybridized carbons (Fsp3) is 0.545. The number of nitrogens with one attached hydrogen (secondary N) is 2. The predicted molar refractivity (Wildman–Crippen MR) is 70.6 cm³/mol. The summed E-state index contributed by atoms with van der Waals surface area (Å²) in [4.78, 5) is 18.7. The van der Waals surface area contributed by atoms with E-state index < -0.39 is 12.0 Å². The number of nitrogens with two attached hydrogens (primary N) is 1. The van der Waals surface area contributed by atoms with Crippen molar-refractivity contribution in [3.8, 4) is 0 Å². The van der Waals surface area contributed by atoms with Gasteiger partial charge in [0.2, 0.25) is 5.95 Å². The van der Waals surface area contributed by atoms with Gasteiger partial charge in [-0.15, -0.1) is 0 Å². The number of hydrogen-bond donors (Lipinski definition) is 4. The zero-order chi connectivity index (χ0) is 13.5. The molecule has 0 aliphatic rings. The zero-order valence-corrected chi connectivity index (χ0v) is 10.6. The number of carboxylic acids is 1. The van der Waals surface area contributed by atoms with Gasteiger partial charge in [-0.3, -0.25) is 4.79 Å². The number of carboxylic acid groups (broad SMARTS) is 1. The molecule has 0 spiro atoms. The summed E-state index contributed by atoms with van der Waals surface area (Å²) in [5.41, 5.74) is 5.57. The standard InChI is InChI=1S/C11H19N5O2/c1-3-4-5-13-8-6-9(16-11(12)15-8)14-7(2)10(17)18/h6-7H,3-5H2,1-2H3,(H,17,18)(H4,12,13,14,15,16). The molecular weight excluding hydrogens is 234 g/mol. The fourth-order valence-corrected chi connectivity index (χ4v) is 1.31. The molecule has 5 N–H and O–H groups in total. The highest BCUT2D eigenvalue weighted by atomic mass is 16.4. The second kappa shape index (κ2) is 6.63. The van der Waals surface area contributed by atoms with Crippen molar-refractivity contribution in [3.05, 3.63) is 6.07 Å². The quantitative estimate of drug-likeness (QED) is 0.539. The Kier molecular flexibility index (Phi) is 5.16. The topological polar surface area (TPSA) is 113 Å². The Hall–Kier alpha value is -2.05. The molecular formula is C11H19N5O2. The van der Waals surface area contributed by atoms with Gasteiger partial charge < -0.3 is 21.5 Å². The molecule has 0 aromatic carbocycles. The molecule has 0 radical (unpaired) electrons. The number of hydrogen-bond acceptors (Lipinski definition) is 6. The van der Waals surface area contributed by atoms with Gasteiger partial charge in [-0.05, 0) is 13.3 Å². The summed E-state index contributed by atoms with van der Waals surface area (Å²) >= 11 is 0. The minimum absolute atomic E-state index is 0.108. The van der Waals surface area contributed by atoms with Crippen LogP contribution in [0.1, 0.15) is 26.7 Å². The molecule has 7 nitrogen and oxygen atoms in total. The average Bonchev–Trinajstić information content (AvgIpc) is 2.28. The molecule has 0 saturated heterocycles. The van der Waals surface area contributed by atoms with Crippen molar-refractivity contribution in [3.63, 3.8) is 0 Å². The molecule has 100 valence electrons. The van der Waals surface area contributed by atoms with E-state index in [0.29, 0.717) is 11.6 Å². The van der Waals surface area contributed by atoms with E-state index in [1.54, 1.807) is 6.07 Å². The van der Waals surface area contributed by atoms with Gasteiger partial charge in [-0.2, -0.15) is 9.97 Å². The van der Waals surface area contributed by atoms with Crippen molar-refractivity contribution in [2.45, 2.75) is 32.7 Å². The highest BCUT2D eigenvalue weighted by Gasteiger charge is 2.12. The van der Waals surface area contributed by atoms with Crippen LogP contribution in [0.5, 0.6) is 0 Å². The van der Waals surface area contributed by atoms with Gasteiger partial charge in [0.1, 0.15) is 17.7 Å². The number of anilines is 3. The number of rotatable bonds is 7. The van der Waals surface area contributed by atoms with E-state index >= 15 is 0 Å². The van der Waals surface area contributed by atoms with Crippen molar-refractivity contribution in [2.24, 2.45) is 0 Å². The largest absolute Gasteiger partial charge is 0.480 e. The molecule has 0 aliphatic heterocycles. The summed E-state index contributed by atoms with van der Waals surface area (Å²) in [5.74, 6) is 0.150. The van der Waals surface area contributed by atoms with Crippen LogP contribution in [0.4, 0.5) is 17.6 Å². The summed E-state index contributed by atoms with van der Waals surface area (Å²) in [5, 5.41) is 14.7. The lowest BCUT2D eigenvalue weighted by molar-refractivity contribution is -0.137. The van der Waals surface area contributed by atoms with Gasteiger partial charge in [0.05, 0.1) is 0 Å². The number of nitrogens with zero attached hydrogens (tertiary/aromatic N) is 2. The fourth-order valence-electron chi connectivity index (χ4n) is 1.31. The maximum atomic E-state index is 10.7. The lowest BCUT2D eigenvalue weighted by atomic mass is 10.3. The monoisotopic (exact) mass is 253 g/mol. The Morgan fingerprint density at radius 1 is 1.50 bits per heavy atom. The second-order valence-corrected chi connectivity index (χ2v) is 3.98. The van der Waals surface area contributed by atoms with Crippen LogP contribution in [0.25, 0.3) is 0 Å². The first-order chi connectivity index (χ1) is 8.52. The summed E-state index contributed by atoms with van der Waals surface area (Å²) in [6.07, 6.45) is 2.10. The van der Waals surface area contributed by atoms with Crippen LogP contribution in [-0.4, -0.2) is 33.6 Å². The minimum atomic E-state index is -0.951. The van der Waals surface area contributed by atoms with Gasteiger partial charge in [0.15, 0.2) is 0 Å². The number of aliphatic carboxylic acids is 1. The Bertz CT molecular complexity index is 410. The van der Waals surface area contributed by atoms with E-state index in [1.807, 2.05) is 0 Å². The molecule has 0 saturated carbocycles. The number of unbranched alkanes of at least 4 members (excludes halogenated alkanes) is 1. The first-order valence-corrected chi connectivity index (χ1v) is 5.90. The third kappa shape index (κ3) is 4.44. The van der Waals surface area contributed by atoms with Gasteiger partial charge in [0, 0.05) is 12.6 Å². The van der Waals surface area contributed by atoms with E-state index in [0.717, 1.165) is 19.4 Å². The molecule has 18 heavy (non-hydrogen) atoms. The first kappa shape index (κ1) is 14.0. The van der Waals surface area contributed by atoms with Gasteiger partial charge in [-0.1, -0.05) is 13.3 Å². The normalized spacial score (nSPS) is 11.9.